The summed E-state index contributed by atoms with van der Waals surface area (Å²) in [5.74, 6) is -1.18. The number of non-ortho nitro benzene ring substituents is 1. The molecule has 0 aromatic heterocycles. The number of nitrogens with zero attached hydrogens (tertiary/aromatic N) is 1. The van der Waals surface area contributed by atoms with Gasteiger partial charge in [-0.1, -0.05) is 12.1 Å². The zero-order chi connectivity index (χ0) is 11.4. The second kappa shape index (κ2) is 4.52. The van der Waals surface area contributed by atoms with Gasteiger partial charge in [-0.15, -0.1) is 0 Å². The molecule has 0 unspecified atom stereocenters. The third-order valence-electron chi connectivity index (χ3n) is 1.84. The zero-order valence-electron chi connectivity index (χ0n) is 7.91. The van der Waals surface area contributed by atoms with E-state index in [-0.39, 0.29) is 11.3 Å². The van der Waals surface area contributed by atoms with E-state index in [1.54, 1.807) is 0 Å². The molecule has 0 bridgehead atoms. The number of benzene rings is 1. The van der Waals surface area contributed by atoms with Gasteiger partial charge in [-0.3, -0.25) is 10.1 Å². The van der Waals surface area contributed by atoms with E-state index >= 15 is 0 Å². The topological polar surface area (TPSA) is 89.7 Å². The molecule has 80 valence electrons. The van der Waals surface area contributed by atoms with Crippen LogP contribution in [0.2, 0.25) is 0 Å². The monoisotopic (exact) mass is 211 g/mol. The summed E-state index contributed by atoms with van der Waals surface area (Å²) in [6.45, 7) is 0. The molecule has 1 rings (SSSR count). The SMILES string of the molecule is CO[C@@H](C(=O)O)c1cccc([N+](=O)[O-])c1. The predicted octanol–water partition coefficient (Wildman–Crippen LogP) is 1.37. The highest BCUT2D eigenvalue weighted by Gasteiger charge is 2.20. The van der Waals surface area contributed by atoms with Crippen LogP contribution in [0.5, 0.6) is 0 Å². The van der Waals surface area contributed by atoms with Crippen molar-refractivity contribution in [3.05, 3.63) is 39.9 Å². The highest BCUT2D eigenvalue weighted by Crippen LogP contribution is 2.21. The third-order valence-corrected chi connectivity index (χ3v) is 1.84. The van der Waals surface area contributed by atoms with E-state index in [4.69, 9.17) is 9.84 Å². The van der Waals surface area contributed by atoms with Gasteiger partial charge in [0.05, 0.1) is 4.92 Å². The van der Waals surface area contributed by atoms with Crippen molar-refractivity contribution in [2.45, 2.75) is 6.10 Å². The van der Waals surface area contributed by atoms with Crippen LogP contribution >= 0.6 is 0 Å². The van der Waals surface area contributed by atoms with E-state index in [1.165, 1.54) is 31.4 Å². The molecule has 0 radical (unpaired) electrons. The Hall–Kier alpha value is -1.95. The lowest BCUT2D eigenvalue weighted by molar-refractivity contribution is -0.385. The molecule has 0 amide bonds. The van der Waals surface area contributed by atoms with Crippen LogP contribution in [0.4, 0.5) is 5.69 Å². The van der Waals surface area contributed by atoms with E-state index in [0.717, 1.165) is 0 Å². The number of methoxy groups -OCH3 is 1. The first-order chi connectivity index (χ1) is 7.06. The van der Waals surface area contributed by atoms with Crippen molar-refractivity contribution in [3.63, 3.8) is 0 Å². The number of aliphatic carboxylic acids is 1. The van der Waals surface area contributed by atoms with E-state index in [9.17, 15) is 14.9 Å². The zero-order valence-corrected chi connectivity index (χ0v) is 7.91. The maximum atomic E-state index is 10.7. The van der Waals surface area contributed by atoms with Gasteiger partial charge in [0.15, 0.2) is 6.10 Å². The van der Waals surface area contributed by atoms with Crippen molar-refractivity contribution in [1.29, 1.82) is 0 Å². The Bertz CT molecular complexity index is 390. The quantitative estimate of drug-likeness (QED) is 0.600. The molecule has 1 aromatic rings. The number of hydrogen-bond donors (Lipinski definition) is 1. The first-order valence-corrected chi connectivity index (χ1v) is 4.06. The standard InChI is InChI=1S/C9H9NO5/c1-15-8(9(11)12)6-3-2-4-7(5-6)10(13)14/h2-5,8H,1H3,(H,11,12)/t8-/m1/s1. The Morgan fingerprint density at radius 2 is 2.27 bits per heavy atom. The summed E-state index contributed by atoms with van der Waals surface area (Å²) in [5.41, 5.74) is 0.0926. The van der Waals surface area contributed by atoms with E-state index in [1.807, 2.05) is 0 Å². The number of nitro groups is 1. The van der Waals surface area contributed by atoms with Gasteiger partial charge in [0, 0.05) is 19.2 Å². The lowest BCUT2D eigenvalue weighted by Crippen LogP contribution is -2.13. The number of carboxylic acids is 1. The van der Waals surface area contributed by atoms with Gasteiger partial charge in [0.1, 0.15) is 0 Å². The molecule has 0 aliphatic rings. The second-order valence-electron chi connectivity index (χ2n) is 2.81. The van der Waals surface area contributed by atoms with Crippen LogP contribution < -0.4 is 0 Å². The Balaban J connectivity index is 3.08. The van der Waals surface area contributed by atoms with Gasteiger partial charge < -0.3 is 9.84 Å². The largest absolute Gasteiger partial charge is 0.479 e. The molecule has 6 heteroatoms. The van der Waals surface area contributed by atoms with Crippen LogP contribution in [0, 0.1) is 10.1 Å². The summed E-state index contributed by atoms with van der Waals surface area (Å²) < 4.78 is 4.71. The first kappa shape index (κ1) is 11.1. The number of carbonyl (C=O) groups is 1. The molecule has 0 saturated heterocycles. The summed E-state index contributed by atoms with van der Waals surface area (Å²) in [6.07, 6.45) is -1.18. The van der Waals surface area contributed by atoms with Crippen molar-refractivity contribution in [3.8, 4) is 0 Å². The smallest absolute Gasteiger partial charge is 0.337 e. The molecule has 0 heterocycles. The minimum absolute atomic E-state index is 0.157. The number of ether oxygens (including phenoxy) is 1. The molecule has 0 aliphatic carbocycles. The van der Waals surface area contributed by atoms with Gasteiger partial charge in [0.2, 0.25) is 0 Å². The van der Waals surface area contributed by atoms with Crippen LogP contribution in [0.3, 0.4) is 0 Å². The number of carboxylic acid groups (broad SMARTS) is 1. The van der Waals surface area contributed by atoms with Crippen molar-refractivity contribution in [2.75, 3.05) is 7.11 Å². The number of rotatable bonds is 4. The predicted molar refractivity (Wildman–Crippen MR) is 50.5 cm³/mol. The fraction of sp³-hybridized carbons (Fsp3) is 0.222. The number of nitro benzene ring substituents is 1. The number of hydrogen-bond acceptors (Lipinski definition) is 4. The normalized spacial score (nSPS) is 12.1. The molecule has 0 saturated carbocycles. The Morgan fingerprint density at radius 1 is 1.60 bits per heavy atom. The van der Waals surface area contributed by atoms with E-state index < -0.39 is 17.0 Å². The van der Waals surface area contributed by atoms with Gasteiger partial charge in [-0.05, 0) is 5.56 Å². The Kier molecular flexibility index (Phi) is 3.35. The Morgan fingerprint density at radius 3 is 2.73 bits per heavy atom. The molecule has 0 spiro atoms. The lowest BCUT2D eigenvalue weighted by atomic mass is 10.1. The van der Waals surface area contributed by atoms with Crippen molar-refractivity contribution >= 4 is 11.7 Å². The molecule has 1 aromatic carbocycles. The third kappa shape index (κ3) is 2.50. The van der Waals surface area contributed by atoms with Crippen LogP contribution in [0.1, 0.15) is 11.7 Å². The fourth-order valence-corrected chi connectivity index (χ4v) is 1.18. The van der Waals surface area contributed by atoms with Crippen molar-refractivity contribution < 1.29 is 19.6 Å². The molecule has 1 atom stereocenters. The highest BCUT2D eigenvalue weighted by molar-refractivity contribution is 5.74. The van der Waals surface area contributed by atoms with Crippen LogP contribution in [0.15, 0.2) is 24.3 Å². The summed E-state index contributed by atoms with van der Waals surface area (Å²) in [6, 6.07) is 5.36. The maximum Gasteiger partial charge on any atom is 0.337 e. The molecular formula is C9H9NO5. The van der Waals surface area contributed by atoms with Gasteiger partial charge in [-0.25, -0.2) is 4.79 Å². The molecule has 6 nitrogen and oxygen atoms in total. The molecule has 15 heavy (non-hydrogen) atoms. The van der Waals surface area contributed by atoms with Crippen LogP contribution in [-0.4, -0.2) is 23.1 Å². The van der Waals surface area contributed by atoms with Gasteiger partial charge in [0.25, 0.3) is 5.69 Å². The summed E-state index contributed by atoms with van der Waals surface area (Å²) in [7, 11) is 1.23. The van der Waals surface area contributed by atoms with Crippen LogP contribution in [-0.2, 0) is 9.53 Å². The minimum atomic E-state index is -1.18. The molecule has 0 fully saturated rings. The average Bonchev–Trinajstić information content (AvgIpc) is 2.18. The summed E-state index contributed by atoms with van der Waals surface area (Å²) in [5, 5.41) is 19.2. The second-order valence-corrected chi connectivity index (χ2v) is 2.81. The molecule has 1 N–H and O–H groups in total. The van der Waals surface area contributed by atoms with E-state index in [0.29, 0.717) is 0 Å². The van der Waals surface area contributed by atoms with Crippen molar-refractivity contribution in [2.24, 2.45) is 0 Å². The Labute approximate surface area is 85.2 Å². The highest BCUT2D eigenvalue weighted by atomic mass is 16.6. The van der Waals surface area contributed by atoms with Gasteiger partial charge in [-0.2, -0.15) is 0 Å². The minimum Gasteiger partial charge on any atom is -0.479 e. The molecule has 0 aliphatic heterocycles. The summed E-state index contributed by atoms with van der Waals surface area (Å²) >= 11 is 0. The van der Waals surface area contributed by atoms with Crippen molar-refractivity contribution in [1.82, 2.24) is 0 Å². The fourth-order valence-electron chi connectivity index (χ4n) is 1.18. The maximum absolute atomic E-state index is 10.7. The van der Waals surface area contributed by atoms with Gasteiger partial charge >= 0.3 is 5.97 Å². The summed E-state index contributed by atoms with van der Waals surface area (Å²) in [4.78, 5) is 20.6. The van der Waals surface area contributed by atoms with E-state index in [2.05, 4.69) is 0 Å². The lowest BCUT2D eigenvalue weighted by Gasteiger charge is -2.09. The molecular weight excluding hydrogens is 202 g/mol. The van der Waals surface area contributed by atoms with Crippen LogP contribution in [0.25, 0.3) is 0 Å². The first-order valence-electron chi connectivity index (χ1n) is 4.06. The average molecular weight is 211 g/mol.